The number of benzene rings is 1. The van der Waals surface area contributed by atoms with Gasteiger partial charge in [0.15, 0.2) is 5.84 Å². The molecular weight excluding hydrogens is 334 g/mol. The summed E-state index contributed by atoms with van der Waals surface area (Å²) in [5.74, 6) is 0.650. The van der Waals surface area contributed by atoms with Crippen molar-refractivity contribution in [1.29, 1.82) is 0 Å². The topological polar surface area (TPSA) is 71.1 Å². The SMILES string of the molecule is CC(C)N(CCOc1ccc(Br)cc1/C(N)=N/O)C(C)C. The van der Waals surface area contributed by atoms with E-state index < -0.39 is 0 Å². The predicted molar refractivity (Wildman–Crippen MR) is 89.1 cm³/mol. The van der Waals surface area contributed by atoms with Gasteiger partial charge in [-0.3, -0.25) is 4.90 Å². The zero-order valence-electron chi connectivity index (χ0n) is 13.0. The van der Waals surface area contributed by atoms with Crippen LogP contribution in [0, 0.1) is 0 Å². The van der Waals surface area contributed by atoms with Crippen LogP contribution in [0.15, 0.2) is 27.8 Å². The number of nitrogens with zero attached hydrogens (tertiary/aromatic N) is 2. The van der Waals surface area contributed by atoms with Gasteiger partial charge in [-0.2, -0.15) is 0 Å². The summed E-state index contributed by atoms with van der Waals surface area (Å²) >= 11 is 3.37. The van der Waals surface area contributed by atoms with Crippen molar-refractivity contribution in [3.8, 4) is 5.75 Å². The molecule has 0 saturated carbocycles. The number of hydrogen-bond donors (Lipinski definition) is 2. The molecule has 0 aliphatic rings. The van der Waals surface area contributed by atoms with Gasteiger partial charge in [-0.05, 0) is 45.9 Å². The summed E-state index contributed by atoms with van der Waals surface area (Å²) in [6.07, 6.45) is 0. The molecular formula is C15H24BrN3O2. The highest BCUT2D eigenvalue weighted by Crippen LogP contribution is 2.23. The number of amidine groups is 1. The maximum Gasteiger partial charge on any atom is 0.173 e. The molecule has 0 aliphatic heterocycles. The quantitative estimate of drug-likeness (QED) is 0.340. The van der Waals surface area contributed by atoms with Crippen LogP contribution in [0.4, 0.5) is 0 Å². The molecule has 1 rings (SSSR count). The first-order valence-corrected chi connectivity index (χ1v) is 7.82. The second-order valence-corrected chi connectivity index (χ2v) is 6.32. The molecule has 0 aliphatic carbocycles. The first-order valence-electron chi connectivity index (χ1n) is 7.02. The largest absolute Gasteiger partial charge is 0.491 e. The van der Waals surface area contributed by atoms with Gasteiger partial charge in [-0.25, -0.2) is 0 Å². The van der Waals surface area contributed by atoms with Crippen LogP contribution in [-0.4, -0.2) is 41.2 Å². The standard InChI is InChI=1S/C15H24BrN3O2/c1-10(2)19(11(3)4)7-8-21-14-6-5-12(16)9-13(14)15(17)18-20/h5-6,9-11,20H,7-8H2,1-4H3,(H2,17,18). The Morgan fingerprint density at radius 3 is 2.48 bits per heavy atom. The van der Waals surface area contributed by atoms with E-state index >= 15 is 0 Å². The minimum atomic E-state index is 0.0378. The fourth-order valence-electron chi connectivity index (χ4n) is 2.26. The minimum Gasteiger partial charge on any atom is -0.491 e. The number of ether oxygens (including phenoxy) is 1. The van der Waals surface area contributed by atoms with Crippen molar-refractivity contribution in [3.05, 3.63) is 28.2 Å². The van der Waals surface area contributed by atoms with Crippen LogP contribution < -0.4 is 10.5 Å². The lowest BCUT2D eigenvalue weighted by atomic mass is 10.2. The van der Waals surface area contributed by atoms with E-state index in [2.05, 4.69) is 53.7 Å². The molecule has 0 aromatic heterocycles. The summed E-state index contributed by atoms with van der Waals surface area (Å²) < 4.78 is 6.66. The maximum atomic E-state index is 8.85. The molecule has 0 fully saturated rings. The predicted octanol–water partition coefficient (Wildman–Crippen LogP) is 3.04. The molecule has 6 heteroatoms. The lowest BCUT2D eigenvalue weighted by Gasteiger charge is -2.30. The monoisotopic (exact) mass is 357 g/mol. The van der Waals surface area contributed by atoms with E-state index in [9.17, 15) is 0 Å². The van der Waals surface area contributed by atoms with Crippen LogP contribution >= 0.6 is 15.9 Å². The molecule has 118 valence electrons. The van der Waals surface area contributed by atoms with Crippen molar-refractivity contribution in [3.63, 3.8) is 0 Å². The van der Waals surface area contributed by atoms with Gasteiger partial charge in [-0.1, -0.05) is 21.1 Å². The van der Waals surface area contributed by atoms with Gasteiger partial charge >= 0.3 is 0 Å². The van der Waals surface area contributed by atoms with E-state index in [0.717, 1.165) is 11.0 Å². The van der Waals surface area contributed by atoms with Crippen LogP contribution in [-0.2, 0) is 0 Å². The van der Waals surface area contributed by atoms with Gasteiger partial charge in [0, 0.05) is 23.1 Å². The molecule has 0 bridgehead atoms. The first kappa shape index (κ1) is 17.8. The highest BCUT2D eigenvalue weighted by molar-refractivity contribution is 9.10. The van der Waals surface area contributed by atoms with Crippen LogP contribution in [0.2, 0.25) is 0 Å². The molecule has 1 aromatic carbocycles. The van der Waals surface area contributed by atoms with Gasteiger partial charge in [0.25, 0.3) is 0 Å². The average Bonchev–Trinajstić information content (AvgIpc) is 2.42. The summed E-state index contributed by atoms with van der Waals surface area (Å²) in [6, 6.07) is 6.37. The smallest absolute Gasteiger partial charge is 0.173 e. The van der Waals surface area contributed by atoms with E-state index in [0.29, 0.717) is 30.0 Å². The van der Waals surface area contributed by atoms with E-state index in [4.69, 9.17) is 15.7 Å². The van der Waals surface area contributed by atoms with E-state index in [1.807, 2.05) is 12.1 Å². The minimum absolute atomic E-state index is 0.0378. The fraction of sp³-hybridized carbons (Fsp3) is 0.533. The summed E-state index contributed by atoms with van der Waals surface area (Å²) in [4.78, 5) is 2.35. The van der Waals surface area contributed by atoms with Crippen LogP contribution in [0.5, 0.6) is 5.75 Å². The van der Waals surface area contributed by atoms with Crippen molar-refractivity contribution in [2.24, 2.45) is 10.9 Å². The Morgan fingerprint density at radius 2 is 1.95 bits per heavy atom. The number of hydrogen-bond acceptors (Lipinski definition) is 4. The number of oxime groups is 1. The Morgan fingerprint density at radius 1 is 1.33 bits per heavy atom. The van der Waals surface area contributed by atoms with E-state index in [1.165, 1.54) is 0 Å². The van der Waals surface area contributed by atoms with Gasteiger partial charge < -0.3 is 15.7 Å². The third kappa shape index (κ3) is 5.21. The van der Waals surface area contributed by atoms with E-state index in [1.54, 1.807) is 6.07 Å². The number of rotatable bonds is 7. The van der Waals surface area contributed by atoms with Crippen molar-refractivity contribution in [2.75, 3.05) is 13.2 Å². The zero-order chi connectivity index (χ0) is 16.0. The fourth-order valence-corrected chi connectivity index (χ4v) is 2.62. The maximum absolute atomic E-state index is 8.85. The van der Waals surface area contributed by atoms with Crippen molar-refractivity contribution in [1.82, 2.24) is 4.90 Å². The lowest BCUT2D eigenvalue weighted by molar-refractivity contribution is 0.142. The molecule has 0 unspecified atom stereocenters. The highest BCUT2D eigenvalue weighted by atomic mass is 79.9. The summed E-state index contributed by atoms with van der Waals surface area (Å²) in [5, 5.41) is 11.9. The molecule has 0 atom stereocenters. The molecule has 5 nitrogen and oxygen atoms in total. The normalized spacial score (nSPS) is 12.5. The van der Waals surface area contributed by atoms with Gasteiger partial charge in [0.05, 0.1) is 5.56 Å². The van der Waals surface area contributed by atoms with Crippen LogP contribution in [0.1, 0.15) is 33.3 Å². The second-order valence-electron chi connectivity index (χ2n) is 5.40. The Bertz CT molecular complexity index is 482. The average molecular weight is 358 g/mol. The zero-order valence-corrected chi connectivity index (χ0v) is 14.6. The van der Waals surface area contributed by atoms with Gasteiger partial charge in [0.2, 0.25) is 0 Å². The molecule has 0 heterocycles. The number of nitrogens with two attached hydrogens (primary N) is 1. The second kappa shape index (κ2) is 8.24. The van der Waals surface area contributed by atoms with Crippen molar-refractivity contribution >= 4 is 21.8 Å². The Balaban J connectivity index is 2.76. The molecule has 21 heavy (non-hydrogen) atoms. The molecule has 0 spiro atoms. The van der Waals surface area contributed by atoms with Gasteiger partial charge in [-0.15, -0.1) is 0 Å². The Kier molecular flexibility index (Phi) is 6.98. The first-order chi connectivity index (χ1) is 9.86. The van der Waals surface area contributed by atoms with E-state index in [-0.39, 0.29) is 5.84 Å². The summed E-state index contributed by atoms with van der Waals surface area (Å²) in [6.45, 7) is 10.0. The molecule has 1 aromatic rings. The van der Waals surface area contributed by atoms with Crippen LogP contribution in [0.3, 0.4) is 0 Å². The Hall–Kier alpha value is -1.27. The van der Waals surface area contributed by atoms with Gasteiger partial charge in [0.1, 0.15) is 12.4 Å². The third-order valence-electron chi connectivity index (χ3n) is 3.26. The van der Waals surface area contributed by atoms with Crippen molar-refractivity contribution < 1.29 is 9.94 Å². The highest BCUT2D eigenvalue weighted by Gasteiger charge is 2.14. The molecule has 0 radical (unpaired) electrons. The third-order valence-corrected chi connectivity index (χ3v) is 3.75. The molecule has 3 N–H and O–H groups in total. The molecule has 0 saturated heterocycles. The lowest BCUT2D eigenvalue weighted by Crippen LogP contribution is -2.39. The summed E-state index contributed by atoms with van der Waals surface area (Å²) in [5.41, 5.74) is 6.26. The number of halogens is 1. The molecule has 0 amide bonds. The van der Waals surface area contributed by atoms with Crippen molar-refractivity contribution in [2.45, 2.75) is 39.8 Å². The van der Waals surface area contributed by atoms with Crippen LogP contribution in [0.25, 0.3) is 0 Å². The Labute approximate surface area is 134 Å². The summed E-state index contributed by atoms with van der Waals surface area (Å²) in [7, 11) is 0.